The molecule has 1 heterocycles. The first-order chi connectivity index (χ1) is 18.1. The number of nitrogens with one attached hydrogen (secondary N) is 1. The van der Waals surface area contributed by atoms with Gasteiger partial charge in [-0.05, 0) is 67.6 Å². The molecule has 0 saturated heterocycles. The van der Waals surface area contributed by atoms with Crippen molar-refractivity contribution in [2.75, 3.05) is 5.32 Å². The van der Waals surface area contributed by atoms with Crippen molar-refractivity contribution in [1.82, 2.24) is 0 Å². The fourth-order valence-electron chi connectivity index (χ4n) is 4.38. The summed E-state index contributed by atoms with van der Waals surface area (Å²) < 4.78 is 7.00. The van der Waals surface area contributed by atoms with Crippen LogP contribution in [0.3, 0.4) is 0 Å². The van der Waals surface area contributed by atoms with E-state index in [0.29, 0.717) is 21.9 Å². The number of aliphatic imine (C=N–C) groups is 1. The van der Waals surface area contributed by atoms with Gasteiger partial charge in [-0.25, -0.2) is 4.99 Å². The fraction of sp³-hybridized carbons (Fsp3) is 0.167. The van der Waals surface area contributed by atoms with Crippen LogP contribution in [0.4, 0.5) is 10.7 Å². The molecule has 0 spiro atoms. The molecule has 1 N–H and O–H groups in total. The second kappa shape index (κ2) is 11.5. The number of hydrogen-bond donors (Lipinski definition) is 1. The first-order valence-electron chi connectivity index (χ1n) is 12.1. The molecule has 5 rings (SSSR count). The molecule has 4 aromatic rings. The lowest BCUT2D eigenvalue weighted by Crippen LogP contribution is -2.14. The number of amides is 1. The summed E-state index contributed by atoms with van der Waals surface area (Å²) in [5.74, 6) is 0.521. The molecule has 3 aromatic carbocycles. The summed E-state index contributed by atoms with van der Waals surface area (Å²) >= 11 is 5.14. The predicted molar refractivity (Wildman–Crippen MR) is 152 cm³/mol. The topological polar surface area (TPSA) is 74.5 Å². The Morgan fingerprint density at radius 1 is 1.08 bits per heavy atom. The van der Waals surface area contributed by atoms with Crippen LogP contribution in [0.1, 0.15) is 50.3 Å². The van der Waals surface area contributed by atoms with Crippen LogP contribution in [0.5, 0.6) is 5.75 Å². The highest BCUT2D eigenvalue weighted by Crippen LogP contribution is 2.40. The van der Waals surface area contributed by atoms with Crippen molar-refractivity contribution in [3.63, 3.8) is 0 Å². The first kappa shape index (κ1) is 24.9. The molecule has 0 bridgehead atoms. The van der Waals surface area contributed by atoms with Crippen LogP contribution >= 0.6 is 27.3 Å². The SMILES string of the molecule is N#Cc1ccccc1COc1ccc(Br)cc1C=Nc1sc2c(c1C(=O)Nc1ccccc1)CCCC2. The number of carbonyl (C=O) groups excluding carboxylic acids is 1. The Morgan fingerprint density at radius 3 is 2.70 bits per heavy atom. The maximum Gasteiger partial charge on any atom is 0.259 e. The third-order valence-corrected chi connectivity index (χ3v) is 7.92. The number of hydrogen-bond acceptors (Lipinski definition) is 5. The van der Waals surface area contributed by atoms with Gasteiger partial charge in [0.15, 0.2) is 0 Å². The van der Waals surface area contributed by atoms with Gasteiger partial charge in [0.25, 0.3) is 5.91 Å². The molecule has 0 fully saturated rings. The minimum atomic E-state index is -0.128. The van der Waals surface area contributed by atoms with Gasteiger partial charge in [-0.1, -0.05) is 52.3 Å². The van der Waals surface area contributed by atoms with Crippen molar-refractivity contribution in [2.24, 2.45) is 4.99 Å². The van der Waals surface area contributed by atoms with E-state index in [2.05, 4.69) is 27.3 Å². The number of halogens is 1. The van der Waals surface area contributed by atoms with E-state index in [-0.39, 0.29) is 12.5 Å². The summed E-state index contributed by atoms with van der Waals surface area (Å²) in [7, 11) is 0. The lowest BCUT2D eigenvalue weighted by atomic mass is 9.95. The number of nitriles is 1. The van der Waals surface area contributed by atoms with Gasteiger partial charge in [-0.2, -0.15) is 5.26 Å². The minimum absolute atomic E-state index is 0.128. The molecule has 37 heavy (non-hydrogen) atoms. The monoisotopic (exact) mass is 569 g/mol. The molecule has 0 atom stereocenters. The number of anilines is 1. The lowest BCUT2D eigenvalue weighted by molar-refractivity contribution is 0.102. The van der Waals surface area contributed by atoms with E-state index in [9.17, 15) is 10.1 Å². The summed E-state index contributed by atoms with van der Waals surface area (Å²) in [5.41, 5.74) is 4.74. The standard InChI is InChI=1S/C30H24BrN3O2S/c31-23-14-15-26(36-19-21-9-5-4-8-20(21)17-32)22(16-23)18-33-30-28(25-12-6-7-13-27(25)37-30)29(35)34-24-10-2-1-3-11-24/h1-5,8-11,14-16,18H,6-7,12-13,19H2,(H,34,35). The average molecular weight is 571 g/mol. The number of aryl methyl sites for hydroxylation is 1. The van der Waals surface area contributed by atoms with E-state index >= 15 is 0 Å². The Bertz CT molecular complexity index is 1510. The van der Waals surface area contributed by atoms with Crippen molar-refractivity contribution in [3.8, 4) is 11.8 Å². The number of thiophene rings is 1. The van der Waals surface area contributed by atoms with E-state index in [4.69, 9.17) is 9.73 Å². The smallest absolute Gasteiger partial charge is 0.259 e. The van der Waals surface area contributed by atoms with Crippen molar-refractivity contribution in [3.05, 3.63) is 110 Å². The van der Waals surface area contributed by atoms with E-state index in [1.807, 2.05) is 66.7 Å². The van der Waals surface area contributed by atoms with Crippen LogP contribution < -0.4 is 10.1 Å². The van der Waals surface area contributed by atoms with Gasteiger partial charge in [0.05, 0.1) is 17.2 Å². The Kier molecular flexibility index (Phi) is 7.79. The van der Waals surface area contributed by atoms with Gasteiger partial charge in [-0.3, -0.25) is 4.79 Å². The zero-order chi connectivity index (χ0) is 25.6. The quantitative estimate of drug-likeness (QED) is 0.230. The highest BCUT2D eigenvalue weighted by Gasteiger charge is 2.25. The number of nitrogens with zero attached hydrogens (tertiary/aromatic N) is 2. The third-order valence-electron chi connectivity index (χ3n) is 6.23. The van der Waals surface area contributed by atoms with Crippen LogP contribution in [0.25, 0.3) is 0 Å². The molecule has 1 aliphatic rings. The molecule has 0 unspecified atom stereocenters. The van der Waals surface area contributed by atoms with Gasteiger partial charge < -0.3 is 10.1 Å². The molecule has 5 nitrogen and oxygen atoms in total. The largest absolute Gasteiger partial charge is 0.488 e. The van der Waals surface area contributed by atoms with Crippen molar-refractivity contribution in [1.29, 1.82) is 5.26 Å². The summed E-state index contributed by atoms with van der Waals surface area (Å²) in [6, 6.07) is 24.8. The molecule has 1 aliphatic carbocycles. The Morgan fingerprint density at radius 2 is 1.86 bits per heavy atom. The van der Waals surface area contributed by atoms with Crippen LogP contribution in [0, 0.1) is 11.3 Å². The number of fused-ring (bicyclic) bond motifs is 1. The van der Waals surface area contributed by atoms with Crippen molar-refractivity contribution in [2.45, 2.75) is 32.3 Å². The zero-order valence-corrected chi connectivity index (χ0v) is 22.4. The van der Waals surface area contributed by atoms with Gasteiger partial charge in [-0.15, -0.1) is 11.3 Å². The van der Waals surface area contributed by atoms with E-state index in [1.54, 1.807) is 23.6 Å². The van der Waals surface area contributed by atoms with Crippen LogP contribution in [0.2, 0.25) is 0 Å². The number of carbonyl (C=O) groups is 1. The summed E-state index contributed by atoms with van der Waals surface area (Å²) in [6.45, 7) is 0.268. The van der Waals surface area contributed by atoms with E-state index in [1.165, 1.54) is 4.88 Å². The molecular formula is C30H24BrN3O2S. The van der Waals surface area contributed by atoms with Crippen LogP contribution in [0.15, 0.2) is 82.3 Å². The van der Waals surface area contributed by atoms with Gasteiger partial charge in [0.1, 0.15) is 17.4 Å². The summed E-state index contributed by atoms with van der Waals surface area (Å²) in [6.07, 6.45) is 5.83. The van der Waals surface area contributed by atoms with Gasteiger partial charge in [0.2, 0.25) is 0 Å². The van der Waals surface area contributed by atoms with E-state index < -0.39 is 0 Å². The minimum Gasteiger partial charge on any atom is -0.488 e. The van der Waals surface area contributed by atoms with Crippen LogP contribution in [-0.4, -0.2) is 12.1 Å². The number of ether oxygens (including phenoxy) is 1. The Hall–Kier alpha value is -3.73. The van der Waals surface area contributed by atoms with Crippen LogP contribution in [-0.2, 0) is 19.4 Å². The molecular weight excluding hydrogens is 546 g/mol. The number of para-hydroxylation sites is 1. The summed E-state index contributed by atoms with van der Waals surface area (Å²) in [4.78, 5) is 19.4. The molecule has 0 saturated carbocycles. The maximum atomic E-state index is 13.4. The average Bonchev–Trinajstić information content (AvgIpc) is 3.30. The molecule has 0 radical (unpaired) electrons. The van der Waals surface area contributed by atoms with Crippen molar-refractivity contribution >= 4 is 50.1 Å². The predicted octanol–water partition coefficient (Wildman–Crippen LogP) is 7.84. The fourth-order valence-corrected chi connectivity index (χ4v) is 5.99. The highest BCUT2D eigenvalue weighted by atomic mass is 79.9. The number of rotatable bonds is 7. The lowest BCUT2D eigenvalue weighted by Gasteiger charge is -2.13. The second-order valence-corrected chi connectivity index (χ2v) is 10.7. The van der Waals surface area contributed by atoms with Gasteiger partial charge in [0, 0.05) is 32.4 Å². The third kappa shape index (κ3) is 5.82. The Labute approximate surface area is 228 Å². The summed E-state index contributed by atoms with van der Waals surface area (Å²) in [5, 5.41) is 13.1. The zero-order valence-electron chi connectivity index (χ0n) is 20.0. The normalized spacial score (nSPS) is 12.6. The molecule has 1 aromatic heterocycles. The van der Waals surface area contributed by atoms with Gasteiger partial charge >= 0.3 is 0 Å². The molecule has 184 valence electrons. The Balaban J connectivity index is 1.44. The molecule has 7 heteroatoms. The molecule has 0 aliphatic heterocycles. The van der Waals surface area contributed by atoms with Crippen molar-refractivity contribution < 1.29 is 9.53 Å². The highest BCUT2D eigenvalue weighted by molar-refractivity contribution is 9.10. The molecule has 1 amide bonds. The second-order valence-electron chi connectivity index (χ2n) is 8.71. The van der Waals surface area contributed by atoms with E-state index in [0.717, 1.165) is 52.5 Å². The first-order valence-corrected chi connectivity index (χ1v) is 13.7. The number of benzene rings is 3. The maximum absolute atomic E-state index is 13.4.